The zero-order valence-corrected chi connectivity index (χ0v) is 17.2. The van der Waals surface area contributed by atoms with Crippen molar-refractivity contribution >= 4 is 27.7 Å². The van der Waals surface area contributed by atoms with Gasteiger partial charge in [-0.3, -0.25) is 0 Å². The molecule has 4 heteroatoms. The highest BCUT2D eigenvalue weighted by Gasteiger charge is 2.12. The van der Waals surface area contributed by atoms with E-state index in [0.29, 0.717) is 0 Å². The molecule has 0 unspecified atom stereocenters. The third kappa shape index (κ3) is 5.19. The number of benzene rings is 1. The normalized spacial score (nSPS) is 14.0. The first kappa shape index (κ1) is 19.2. The van der Waals surface area contributed by atoms with E-state index in [1.54, 1.807) is 0 Å². The van der Waals surface area contributed by atoms with Gasteiger partial charge in [0.05, 0.1) is 18.2 Å². The zero-order chi connectivity index (χ0) is 18.2. The van der Waals surface area contributed by atoms with Gasteiger partial charge in [-0.1, -0.05) is 44.2 Å². The van der Waals surface area contributed by atoms with Crippen molar-refractivity contribution in [2.24, 2.45) is 0 Å². The highest BCUT2D eigenvalue weighted by molar-refractivity contribution is 7.16. The highest BCUT2D eigenvalue weighted by atomic mass is 32.1. The standard InChI is InChI=1S/C12H12S.C10H15NOS/c1-2-11-8-9-12(13-11)10-6-4-3-5-7-10;1-2-9-3-4-10(13-9)11-5-7-12-8-6-11/h3-9H,2H2,1H3;3-4H,2,5-8H2,1H3. The number of thiophene rings is 2. The van der Waals surface area contributed by atoms with E-state index in [4.69, 9.17) is 4.74 Å². The number of aryl methyl sites for hydroxylation is 2. The molecule has 4 rings (SSSR count). The number of ether oxygens (including phenoxy) is 1. The summed E-state index contributed by atoms with van der Waals surface area (Å²) in [5.41, 5.74) is 1.33. The first-order valence-electron chi connectivity index (χ1n) is 9.35. The number of morpholine rings is 1. The maximum Gasteiger partial charge on any atom is 0.0912 e. The van der Waals surface area contributed by atoms with E-state index in [0.717, 1.165) is 39.1 Å². The molecule has 0 N–H and O–H groups in total. The number of hydrogen-bond donors (Lipinski definition) is 0. The monoisotopic (exact) mass is 385 g/mol. The van der Waals surface area contributed by atoms with Gasteiger partial charge in [0.2, 0.25) is 0 Å². The van der Waals surface area contributed by atoms with Crippen molar-refractivity contribution in [1.29, 1.82) is 0 Å². The lowest BCUT2D eigenvalue weighted by molar-refractivity contribution is 0.123. The van der Waals surface area contributed by atoms with Crippen molar-refractivity contribution in [1.82, 2.24) is 0 Å². The summed E-state index contributed by atoms with van der Waals surface area (Å²) in [6.07, 6.45) is 2.28. The highest BCUT2D eigenvalue weighted by Crippen LogP contribution is 2.28. The quantitative estimate of drug-likeness (QED) is 0.536. The minimum atomic E-state index is 0.874. The van der Waals surface area contributed by atoms with Crippen molar-refractivity contribution in [3.05, 3.63) is 64.4 Å². The van der Waals surface area contributed by atoms with Gasteiger partial charge in [0, 0.05) is 27.7 Å². The molecule has 1 aliphatic heterocycles. The molecular formula is C22H27NOS2. The van der Waals surface area contributed by atoms with Crippen LogP contribution in [0.4, 0.5) is 5.00 Å². The van der Waals surface area contributed by atoms with Gasteiger partial charge < -0.3 is 9.64 Å². The molecule has 26 heavy (non-hydrogen) atoms. The van der Waals surface area contributed by atoms with E-state index in [1.807, 2.05) is 22.7 Å². The molecule has 1 aromatic carbocycles. The SMILES string of the molecule is CCc1ccc(-c2ccccc2)s1.CCc1ccc(N2CCOCC2)s1. The molecule has 0 aliphatic carbocycles. The first-order chi connectivity index (χ1) is 12.8. The Bertz CT molecular complexity index is 772. The van der Waals surface area contributed by atoms with Crippen LogP contribution in [0.25, 0.3) is 10.4 Å². The minimum Gasteiger partial charge on any atom is -0.378 e. The van der Waals surface area contributed by atoms with Crippen LogP contribution in [0.15, 0.2) is 54.6 Å². The van der Waals surface area contributed by atoms with Gasteiger partial charge in [0.1, 0.15) is 0 Å². The second kappa shape index (κ2) is 9.91. The summed E-state index contributed by atoms with van der Waals surface area (Å²) in [5, 5.41) is 1.40. The topological polar surface area (TPSA) is 12.5 Å². The second-order valence-electron chi connectivity index (χ2n) is 6.18. The van der Waals surface area contributed by atoms with Crippen LogP contribution in [0.2, 0.25) is 0 Å². The lowest BCUT2D eigenvalue weighted by Gasteiger charge is -2.27. The smallest absolute Gasteiger partial charge is 0.0912 e. The molecule has 3 aromatic rings. The van der Waals surface area contributed by atoms with Crippen LogP contribution < -0.4 is 4.90 Å². The van der Waals surface area contributed by atoms with E-state index >= 15 is 0 Å². The molecule has 0 radical (unpaired) electrons. The van der Waals surface area contributed by atoms with E-state index in [-0.39, 0.29) is 0 Å². The van der Waals surface area contributed by atoms with Crippen LogP contribution in [0, 0.1) is 0 Å². The third-order valence-corrected chi connectivity index (χ3v) is 6.96. The van der Waals surface area contributed by atoms with Crippen LogP contribution in [-0.4, -0.2) is 26.3 Å². The molecule has 0 saturated carbocycles. The average Bonchev–Trinajstić information content (AvgIpc) is 3.39. The fourth-order valence-corrected chi connectivity index (χ4v) is 4.79. The lowest BCUT2D eigenvalue weighted by Crippen LogP contribution is -2.35. The van der Waals surface area contributed by atoms with Crippen molar-refractivity contribution in [3.63, 3.8) is 0 Å². The molecule has 3 heterocycles. The Morgan fingerprint density at radius 1 is 0.808 bits per heavy atom. The average molecular weight is 386 g/mol. The molecule has 1 saturated heterocycles. The Balaban J connectivity index is 0.000000151. The Labute approximate surface area is 165 Å². The summed E-state index contributed by atoms with van der Waals surface area (Å²) in [4.78, 5) is 6.71. The lowest BCUT2D eigenvalue weighted by atomic mass is 10.2. The summed E-state index contributed by atoms with van der Waals surface area (Å²) in [6, 6.07) is 19.4. The largest absolute Gasteiger partial charge is 0.378 e. The second-order valence-corrected chi connectivity index (χ2v) is 8.49. The van der Waals surface area contributed by atoms with Crippen molar-refractivity contribution in [2.45, 2.75) is 26.7 Å². The van der Waals surface area contributed by atoms with E-state index in [1.165, 1.54) is 25.2 Å². The van der Waals surface area contributed by atoms with Crippen molar-refractivity contribution < 1.29 is 4.74 Å². The zero-order valence-electron chi connectivity index (χ0n) is 15.6. The predicted molar refractivity (Wildman–Crippen MR) is 116 cm³/mol. The van der Waals surface area contributed by atoms with E-state index in [2.05, 4.69) is 73.3 Å². The van der Waals surface area contributed by atoms with Crippen LogP contribution in [0.5, 0.6) is 0 Å². The van der Waals surface area contributed by atoms with E-state index in [9.17, 15) is 0 Å². The van der Waals surface area contributed by atoms with Crippen LogP contribution in [0.3, 0.4) is 0 Å². The Morgan fingerprint density at radius 3 is 2.08 bits per heavy atom. The van der Waals surface area contributed by atoms with E-state index < -0.39 is 0 Å². The van der Waals surface area contributed by atoms with Gasteiger partial charge in [-0.25, -0.2) is 0 Å². The molecule has 0 bridgehead atoms. The van der Waals surface area contributed by atoms with Gasteiger partial charge >= 0.3 is 0 Å². The van der Waals surface area contributed by atoms with Crippen molar-refractivity contribution in [2.75, 3.05) is 31.2 Å². The molecule has 2 aromatic heterocycles. The summed E-state index contributed by atoms with van der Waals surface area (Å²) in [6.45, 7) is 8.24. The van der Waals surface area contributed by atoms with Gasteiger partial charge in [0.25, 0.3) is 0 Å². The number of hydrogen-bond acceptors (Lipinski definition) is 4. The Hall–Kier alpha value is -1.62. The van der Waals surface area contributed by atoms with Crippen LogP contribution in [0.1, 0.15) is 23.6 Å². The minimum absolute atomic E-state index is 0.874. The fourth-order valence-electron chi connectivity index (χ4n) is 2.84. The Kier molecular flexibility index (Phi) is 7.30. The van der Waals surface area contributed by atoms with Gasteiger partial charge in [0.15, 0.2) is 0 Å². The molecular weight excluding hydrogens is 358 g/mol. The summed E-state index contributed by atoms with van der Waals surface area (Å²) < 4.78 is 5.32. The summed E-state index contributed by atoms with van der Waals surface area (Å²) in [7, 11) is 0. The van der Waals surface area contributed by atoms with Gasteiger partial charge in [-0.15, -0.1) is 22.7 Å². The Morgan fingerprint density at radius 2 is 1.46 bits per heavy atom. The number of nitrogens with zero attached hydrogens (tertiary/aromatic N) is 1. The van der Waals surface area contributed by atoms with Gasteiger partial charge in [-0.05, 0) is 42.7 Å². The summed E-state index contributed by atoms with van der Waals surface area (Å²) >= 11 is 3.80. The molecule has 138 valence electrons. The fraction of sp³-hybridized carbons (Fsp3) is 0.364. The van der Waals surface area contributed by atoms with Crippen molar-refractivity contribution in [3.8, 4) is 10.4 Å². The molecule has 0 amide bonds. The molecule has 2 nitrogen and oxygen atoms in total. The first-order valence-corrected chi connectivity index (χ1v) is 11.0. The van der Waals surface area contributed by atoms with Crippen LogP contribution >= 0.6 is 22.7 Å². The number of anilines is 1. The third-order valence-electron chi connectivity index (χ3n) is 4.39. The maximum absolute atomic E-state index is 5.32. The molecule has 0 spiro atoms. The molecule has 0 atom stereocenters. The molecule has 1 aliphatic rings. The van der Waals surface area contributed by atoms with Gasteiger partial charge in [-0.2, -0.15) is 0 Å². The number of rotatable bonds is 4. The summed E-state index contributed by atoms with van der Waals surface area (Å²) in [5.74, 6) is 0. The maximum atomic E-state index is 5.32. The van der Waals surface area contributed by atoms with Crippen LogP contribution in [-0.2, 0) is 17.6 Å². The molecule has 1 fully saturated rings. The predicted octanol–water partition coefficient (Wildman–Crippen LogP) is 6.12.